The molecule has 2 rings (SSSR count). The molecule has 104 valence electrons. The first-order chi connectivity index (χ1) is 9.51. The van der Waals surface area contributed by atoms with Crippen LogP contribution < -0.4 is 4.74 Å². The highest BCUT2D eigenvalue weighted by atomic mass is 79.9. The number of nitro groups is 1. The lowest BCUT2D eigenvalue weighted by Gasteiger charge is -2.10. The maximum atomic E-state index is 13.1. The van der Waals surface area contributed by atoms with Crippen LogP contribution in [0.4, 0.5) is 10.1 Å². The first kappa shape index (κ1) is 14.7. The van der Waals surface area contributed by atoms with Gasteiger partial charge < -0.3 is 4.74 Å². The van der Waals surface area contributed by atoms with Crippen molar-refractivity contribution in [1.29, 1.82) is 0 Å². The number of ether oxygens (including phenoxy) is 1. The molecule has 0 aliphatic rings. The van der Waals surface area contributed by atoms with Gasteiger partial charge in [0.25, 0.3) is 0 Å². The van der Waals surface area contributed by atoms with Gasteiger partial charge in [0.05, 0.1) is 10.8 Å². The molecule has 0 aromatic heterocycles. The molecule has 0 amide bonds. The van der Waals surface area contributed by atoms with Crippen LogP contribution in [0.3, 0.4) is 0 Å². The average Bonchev–Trinajstić information content (AvgIpc) is 2.42. The molecule has 20 heavy (non-hydrogen) atoms. The predicted octanol–water partition coefficient (Wildman–Crippen LogP) is 5.03. The summed E-state index contributed by atoms with van der Waals surface area (Å²) in [5.74, 6) is -0.0569. The molecule has 0 atom stereocenters. The van der Waals surface area contributed by atoms with E-state index in [1.165, 1.54) is 30.3 Å². The number of nitrogens with zero attached hydrogens (tertiary/aromatic N) is 1. The lowest BCUT2D eigenvalue weighted by molar-refractivity contribution is -0.385. The van der Waals surface area contributed by atoms with Gasteiger partial charge in [0.2, 0.25) is 5.75 Å². The summed E-state index contributed by atoms with van der Waals surface area (Å²) < 4.78 is 19.2. The Bertz CT molecular complexity index is 666. The van der Waals surface area contributed by atoms with Gasteiger partial charge in [0.15, 0.2) is 0 Å². The fourth-order valence-electron chi connectivity index (χ4n) is 1.59. The van der Waals surface area contributed by atoms with E-state index in [0.29, 0.717) is 10.0 Å². The van der Waals surface area contributed by atoms with E-state index in [-0.39, 0.29) is 23.1 Å². The van der Waals surface area contributed by atoms with E-state index in [9.17, 15) is 14.5 Å². The first-order valence-corrected chi connectivity index (χ1v) is 6.80. The second-order valence-electron chi connectivity index (χ2n) is 3.86. The lowest BCUT2D eigenvalue weighted by atomic mass is 10.2. The van der Waals surface area contributed by atoms with Gasteiger partial charge in [-0.15, -0.1) is 11.6 Å². The molecule has 2 aromatic carbocycles. The van der Waals surface area contributed by atoms with Crippen LogP contribution in [-0.2, 0) is 5.88 Å². The highest BCUT2D eigenvalue weighted by Gasteiger charge is 2.17. The normalized spacial score (nSPS) is 10.3. The van der Waals surface area contributed by atoms with Crippen molar-refractivity contribution in [3.63, 3.8) is 0 Å². The van der Waals surface area contributed by atoms with Gasteiger partial charge in [0.1, 0.15) is 11.6 Å². The Hall–Kier alpha value is -1.66. The largest absolute Gasteiger partial charge is 0.450 e. The number of halogens is 3. The van der Waals surface area contributed by atoms with E-state index < -0.39 is 10.7 Å². The SMILES string of the molecule is O=[N+]([O-])c1cc(Br)ccc1Oc1ccc(F)cc1CCl. The maximum absolute atomic E-state index is 13.1. The minimum Gasteiger partial charge on any atom is -0.450 e. The predicted molar refractivity (Wildman–Crippen MR) is 76.8 cm³/mol. The third kappa shape index (κ3) is 3.26. The quantitative estimate of drug-likeness (QED) is 0.436. The maximum Gasteiger partial charge on any atom is 0.312 e. The zero-order valence-corrected chi connectivity index (χ0v) is 12.3. The Kier molecular flexibility index (Phi) is 4.57. The topological polar surface area (TPSA) is 52.4 Å². The molecule has 0 aliphatic carbocycles. The zero-order chi connectivity index (χ0) is 14.7. The summed E-state index contributed by atoms with van der Waals surface area (Å²) in [7, 11) is 0. The minimum atomic E-state index is -0.552. The lowest BCUT2D eigenvalue weighted by Crippen LogP contribution is -1.96. The van der Waals surface area contributed by atoms with Gasteiger partial charge in [-0.3, -0.25) is 10.1 Å². The highest BCUT2D eigenvalue weighted by molar-refractivity contribution is 9.10. The fourth-order valence-corrected chi connectivity index (χ4v) is 2.15. The first-order valence-electron chi connectivity index (χ1n) is 5.47. The molecule has 0 heterocycles. The second-order valence-corrected chi connectivity index (χ2v) is 5.04. The van der Waals surface area contributed by atoms with Crippen molar-refractivity contribution in [1.82, 2.24) is 0 Å². The number of rotatable bonds is 4. The Morgan fingerprint density at radius 1 is 1.25 bits per heavy atom. The molecule has 4 nitrogen and oxygen atoms in total. The molecule has 7 heteroatoms. The van der Waals surface area contributed by atoms with Gasteiger partial charge >= 0.3 is 5.69 Å². The van der Waals surface area contributed by atoms with E-state index in [0.717, 1.165) is 0 Å². The van der Waals surface area contributed by atoms with Gasteiger partial charge in [-0.25, -0.2) is 4.39 Å². The van der Waals surface area contributed by atoms with Crippen LogP contribution >= 0.6 is 27.5 Å². The van der Waals surface area contributed by atoms with Crippen molar-refractivity contribution in [2.24, 2.45) is 0 Å². The molecule has 0 fully saturated rings. The number of hydrogen-bond acceptors (Lipinski definition) is 3. The number of hydrogen-bond donors (Lipinski definition) is 0. The Labute approximate surface area is 127 Å². The van der Waals surface area contributed by atoms with E-state index >= 15 is 0 Å². The van der Waals surface area contributed by atoms with Gasteiger partial charge in [-0.1, -0.05) is 15.9 Å². The Balaban J connectivity index is 2.42. The molecule has 0 spiro atoms. The molecule has 0 saturated carbocycles. The summed E-state index contributed by atoms with van der Waals surface area (Å²) in [6, 6.07) is 8.23. The fraction of sp³-hybridized carbons (Fsp3) is 0.0769. The smallest absolute Gasteiger partial charge is 0.312 e. The van der Waals surface area contributed by atoms with Crippen molar-refractivity contribution in [2.45, 2.75) is 5.88 Å². The molecular formula is C13H8BrClFNO3. The van der Waals surface area contributed by atoms with E-state index in [4.69, 9.17) is 16.3 Å². The third-order valence-electron chi connectivity index (χ3n) is 2.50. The second kappa shape index (κ2) is 6.19. The summed E-state index contributed by atoms with van der Waals surface area (Å²) in [6.07, 6.45) is 0. The van der Waals surface area contributed by atoms with Crippen LogP contribution in [0.25, 0.3) is 0 Å². The summed E-state index contributed by atoms with van der Waals surface area (Å²) in [4.78, 5) is 10.4. The average molecular weight is 361 g/mol. The molecular weight excluding hydrogens is 353 g/mol. The van der Waals surface area contributed by atoms with E-state index in [1.54, 1.807) is 6.07 Å². The van der Waals surface area contributed by atoms with E-state index in [1.807, 2.05) is 0 Å². The minimum absolute atomic E-state index is 0.0391. The van der Waals surface area contributed by atoms with Gasteiger partial charge in [-0.2, -0.15) is 0 Å². The Morgan fingerprint density at radius 3 is 2.60 bits per heavy atom. The van der Waals surface area contributed by atoms with Crippen molar-refractivity contribution in [2.75, 3.05) is 0 Å². The highest BCUT2D eigenvalue weighted by Crippen LogP contribution is 2.35. The number of nitro benzene ring substituents is 1. The van der Waals surface area contributed by atoms with Crippen LogP contribution in [0.5, 0.6) is 11.5 Å². The van der Waals surface area contributed by atoms with Crippen LogP contribution in [0.15, 0.2) is 40.9 Å². The molecule has 0 aliphatic heterocycles. The van der Waals surface area contributed by atoms with Gasteiger partial charge in [0, 0.05) is 16.1 Å². The Morgan fingerprint density at radius 2 is 1.95 bits per heavy atom. The third-order valence-corrected chi connectivity index (χ3v) is 3.29. The van der Waals surface area contributed by atoms with E-state index in [2.05, 4.69) is 15.9 Å². The van der Waals surface area contributed by atoms with Crippen LogP contribution in [0.2, 0.25) is 0 Å². The van der Waals surface area contributed by atoms with Crippen molar-refractivity contribution >= 4 is 33.2 Å². The van der Waals surface area contributed by atoms with Crippen molar-refractivity contribution < 1.29 is 14.1 Å². The standard InChI is InChI=1S/C13H8BrClFNO3/c14-9-1-3-13(11(6-9)17(18)19)20-12-4-2-10(16)5-8(12)7-15/h1-6H,7H2. The molecule has 0 bridgehead atoms. The molecule has 2 aromatic rings. The van der Waals surface area contributed by atoms with Crippen molar-refractivity contribution in [3.05, 3.63) is 62.4 Å². The van der Waals surface area contributed by atoms with Crippen molar-refractivity contribution in [3.8, 4) is 11.5 Å². The summed E-state index contributed by atoms with van der Waals surface area (Å²) in [5, 5.41) is 11.0. The summed E-state index contributed by atoms with van der Waals surface area (Å²) in [5.41, 5.74) is 0.230. The molecule has 0 saturated heterocycles. The molecule has 0 radical (unpaired) electrons. The van der Waals surface area contributed by atoms with Crippen LogP contribution in [0.1, 0.15) is 5.56 Å². The summed E-state index contributed by atoms with van der Waals surface area (Å²) in [6.45, 7) is 0. The summed E-state index contributed by atoms with van der Waals surface area (Å²) >= 11 is 8.87. The van der Waals surface area contributed by atoms with Gasteiger partial charge in [-0.05, 0) is 30.3 Å². The monoisotopic (exact) mass is 359 g/mol. The zero-order valence-electron chi connectivity index (χ0n) is 9.98. The van der Waals surface area contributed by atoms with Crippen LogP contribution in [-0.4, -0.2) is 4.92 Å². The van der Waals surface area contributed by atoms with Crippen LogP contribution in [0, 0.1) is 15.9 Å². The molecule has 0 N–H and O–H groups in total. The number of benzene rings is 2. The molecule has 0 unspecified atom stereocenters. The number of alkyl halides is 1.